The number of fused-ring (bicyclic) bond motifs is 1. The number of nitrogens with zero attached hydrogens (tertiary/aromatic N) is 1. The minimum Gasteiger partial charge on any atom is -0.380 e. The third-order valence-corrected chi connectivity index (χ3v) is 3.30. The number of rotatable bonds is 4. The molecule has 1 atom stereocenters. The van der Waals surface area contributed by atoms with E-state index in [9.17, 15) is 0 Å². The van der Waals surface area contributed by atoms with Gasteiger partial charge in [0.25, 0.3) is 0 Å². The van der Waals surface area contributed by atoms with Crippen molar-refractivity contribution in [2.24, 2.45) is 0 Å². The molecule has 0 radical (unpaired) electrons. The summed E-state index contributed by atoms with van der Waals surface area (Å²) in [7, 11) is 0. The van der Waals surface area contributed by atoms with E-state index in [1.807, 2.05) is 29.7 Å². The molecule has 3 nitrogen and oxygen atoms in total. The lowest BCUT2D eigenvalue weighted by atomic mass is 10.3. The maximum atomic E-state index is 6.23. The fourth-order valence-corrected chi connectivity index (χ4v) is 2.57. The van der Waals surface area contributed by atoms with Gasteiger partial charge in [-0.25, -0.2) is 0 Å². The van der Waals surface area contributed by atoms with Crippen molar-refractivity contribution in [3.63, 3.8) is 0 Å². The summed E-state index contributed by atoms with van der Waals surface area (Å²) in [5, 5.41) is 0.707. The van der Waals surface area contributed by atoms with E-state index in [2.05, 4.69) is 11.9 Å². The first kappa shape index (κ1) is 12.6. The van der Waals surface area contributed by atoms with E-state index in [0.29, 0.717) is 23.0 Å². The number of para-hydroxylation sites is 1. The Morgan fingerprint density at radius 1 is 1.53 bits per heavy atom. The van der Waals surface area contributed by atoms with Crippen molar-refractivity contribution in [3.8, 4) is 0 Å². The van der Waals surface area contributed by atoms with Gasteiger partial charge in [-0.2, -0.15) is 0 Å². The molecule has 0 saturated carbocycles. The van der Waals surface area contributed by atoms with E-state index in [1.165, 1.54) is 0 Å². The fourth-order valence-electron chi connectivity index (χ4n) is 1.92. The summed E-state index contributed by atoms with van der Waals surface area (Å²) in [4.78, 5) is 3.16. The summed E-state index contributed by atoms with van der Waals surface area (Å²) in [5.74, 6) is 0. The van der Waals surface area contributed by atoms with Crippen molar-refractivity contribution in [2.45, 2.75) is 19.9 Å². The van der Waals surface area contributed by atoms with Crippen LogP contribution in [0.2, 0.25) is 5.02 Å². The van der Waals surface area contributed by atoms with Crippen LogP contribution in [0.3, 0.4) is 0 Å². The van der Waals surface area contributed by atoms with Gasteiger partial charge in [0.2, 0.25) is 0 Å². The summed E-state index contributed by atoms with van der Waals surface area (Å²) in [5.41, 5.74) is 1.91. The normalized spacial score (nSPS) is 13.1. The van der Waals surface area contributed by atoms with Crippen molar-refractivity contribution in [3.05, 3.63) is 28.0 Å². The number of imidazole rings is 1. The second-order valence-electron chi connectivity index (χ2n) is 3.94. The minimum absolute atomic E-state index is 0.163. The topological polar surface area (TPSA) is 29.9 Å². The number of benzene rings is 1. The molecule has 2 aromatic rings. The Bertz CT molecular complexity index is 575. The standard InChI is InChI=1S/C12H15ClN2OS/c1-3-16-7-8(2)15-11-9(13)5-4-6-10(11)14-12(15)17/h4-6,8H,3,7H2,1-2H3,(H,14,17). The lowest BCUT2D eigenvalue weighted by molar-refractivity contribution is 0.119. The number of nitrogens with one attached hydrogen (secondary N) is 1. The van der Waals surface area contributed by atoms with Gasteiger partial charge in [-0.15, -0.1) is 0 Å². The number of aromatic nitrogens is 2. The van der Waals surface area contributed by atoms with Gasteiger partial charge < -0.3 is 14.3 Å². The molecular formula is C12H15ClN2OS. The van der Waals surface area contributed by atoms with Crippen LogP contribution >= 0.6 is 23.8 Å². The summed E-state index contributed by atoms with van der Waals surface area (Å²) >= 11 is 11.6. The van der Waals surface area contributed by atoms with E-state index in [1.54, 1.807) is 0 Å². The van der Waals surface area contributed by atoms with Crippen molar-refractivity contribution in [1.29, 1.82) is 0 Å². The zero-order valence-electron chi connectivity index (χ0n) is 9.87. The second-order valence-corrected chi connectivity index (χ2v) is 4.74. The van der Waals surface area contributed by atoms with Gasteiger partial charge in [-0.05, 0) is 38.2 Å². The highest BCUT2D eigenvalue weighted by Crippen LogP contribution is 2.26. The average molecular weight is 271 g/mol. The molecule has 1 aromatic carbocycles. The minimum atomic E-state index is 0.163. The lowest BCUT2D eigenvalue weighted by Gasteiger charge is -2.14. The van der Waals surface area contributed by atoms with Crippen LogP contribution in [0, 0.1) is 4.77 Å². The molecule has 1 N–H and O–H groups in total. The Labute approximate surface area is 110 Å². The van der Waals surface area contributed by atoms with Crippen LogP contribution in [0.25, 0.3) is 11.0 Å². The Morgan fingerprint density at radius 3 is 3.00 bits per heavy atom. The smallest absolute Gasteiger partial charge is 0.178 e. The van der Waals surface area contributed by atoms with Crippen LogP contribution in [-0.2, 0) is 4.74 Å². The molecule has 0 aliphatic heterocycles. The predicted octanol–water partition coefficient (Wildman–Crippen LogP) is 3.95. The number of ether oxygens (including phenoxy) is 1. The lowest BCUT2D eigenvalue weighted by Crippen LogP contribution is -2.12. The van der Waals surface area contributed by atoms with E-state index in [4.69, 9.17) is 28.6 Å². The summed E-state index contributed by atoms with van der Waals surface area (Å²) < 4.78 is 8.14. The molecular weight excluding hydrogens is 256 g/mol. The molecule has 0 aliphatic rings. The Kier molecular flexibility index (Phi) is 3.86. The molecule has 0 saturated heterocycles. The van der Waals surface area contributed by atoms with Crippen molar-refractivity contribution in [2.75, 3.05) is 13.2 Å². The second kappa shape index (κ2) is 5.21. The van der Waals surface area contributed by atoms with Gasteiger partial charge >= 0.3 is 0 Å². The van der Waals surface area contributed by atoms with Crippen molar-refractivity contribution in [1.82, 2.24) is 9.55 Å². The zero-order chi connectivity index (χ0) is 12.4. The summed E-state index contributed by atoms with van der Waals surface area (Å²) in [6, 6.07) is 5.92. The first-order valence-electron chi connectivity index (χ1n) is 5.61. The van der Waals surface area contributed by atoms with Crippen LogP contribution in [0.1, 0.15) is 19.9 Å². The van der Waals surface area contributed by atoms with Crippen LogP contribution < -0.4 is 0 Å². The van der Waals surface area contributed by atoms with Gasteiger partial charge in [-0.3, -0.25) is 0 Å². The van der Waals surface area contributed by atoms with Gasteiger partial charge in [-0.1, -0.05) is 17.7 Å². The number of halogens is 1. The Balaban J connectivity index is 2.52. The SMILES string of the molecule is CCOCC(C)n1c(=S)[nH]c2cccc(Cl)c21. The third kappa shape index (κ3) is 2.39. The number of hydrogen-bond donors (Lipinski definition) is 1. The first-order valence-corrected chi connectivity index (χ1v) is 6.40. The molecule has 5 heteroatoms. The Morgan fingerprint density at radius 2 is 2.29 bits per heavy atom. The van der Waals surface area contributed by atoms with Crippen LogP contribution in [0.5, 0.6) is 0 Å². The molecule has 0 aliphatic carbocycles. The maximum absolute atomic E-state index is 6.23. The molecule has 0 fully saturated rings. The molecule has 1 heterocycles. The maximum Gasteiger partial charge on any atom is 0.178 e. The van der Waals surface area contributed by atoms with E-state index >= 15 is 0 Å². The fraction of sp³-hybridized carbons (Fsp3) is 0.417. The van der Waals surface area contributed by atoms with Gasteiger partial charge in [0.15, 0.2) is 4.77 Å². The van der Waals surface area contributed by atoms with Gasteiger partial charge in [0.05, 0.1) is 28.7 Å². The number of H-pyrrole nitrogens is 1. The van der Waals surface area contributed by atoms with Crippen LogP contribution in [0.15, 0.2) is 18.2 Å². The average Bonchev–Trinajstić information content (AvgIpc) is 2.64. The molecule has 2 rings (SSSR count). The highest BCUT2D eigenvalue weighted by Gasteiger charge is 2.13. The molecule has 0 bridgehead atoms. The quantitative estimate of drug-likeness (QED) is 0.853. The summed E-state index contributed by atoms with van der Waals surface area (Å²) in [6.45, 7) is 5.38. The highest BCUT2D eigenvalue weighted by molar-refractivity contribution is 7.71. The van der Waals surface area contributed by atoms with E-state index in [0.717, 1.165) is 11.0 Å². The van der Waals surface area contributed by atoms with E-state index in [-0.39, 0.29) is 6.04 Å². The number of aromatic amines is 1. The molecule has 1 unspecified atom stereocenters. The zero-order valence-corrected chi connectivity index (χ0v) is 11.4. The van der Waals surface area contributed by atoms with Crippen molar-refractivity contribution < 1.29 is 4.74 Å². The van der Waals surface area contributed by atoms with Gasteiger partial charge in [0, 0.05) is 6.61 Å². The molecule has 92 valence electrons. The molecule has 1 aromatic heterocycles. The largest absolute Gasteiger partial charge is 0.380 e. The first-order chi connectivity index (χ1) is 8.15. The van der Waals surface area contributed by atoms with Crippen LogP contribution in [-0.4, -0.2) is 22.8 Å². The van der Waals surface area contributed by atoms with E-state index < -0.39 is 0 Å². The third-order valence-electron chi connectivity index (χ3n) is 2.69. The van der Waals surface area contributed by atoms with Crippen LogP contribution in [0.4, 0.5) is 0 Å². The molecule has 17 heavy (non-hydrogen) atoms. The van der Waals surface area contributed by atoms with Gasteiger partial charge in [0.1, 0.15) is 0 Å². The Hall–Kier alpha value is -0.840. The number of hydrogen-bond acceptors (Lipinski definition) is 2. The predicted molar refractivity (Wildman–Crippen MR) is 73.3 cm³/mol. The molecule has 0 spiro atoms. The molecule has 0 amide bonds. The highest BCUT2D eigenvalue weighted by atomic mass is 35.5. The summed E-state index contributed by atoms with van der Waals surface area (Å²) in [6.07, 6.45) is 0. The monoisotopic (exact) mass is 270 g/mol. The van der Waals surface area contributed by atoms with Crippen molar-refractivity contribution >= 4 is 34.9 Å².